The van der Waals surface area contributed by atoms with Gasteiger partial charge >= 0.3 is 0 Å². The van der Waals surface area contributed by atoms with Crippen molar-refractivity contribution in [2.45, 2.75) is 52.1 Å². The van der Waals surface area contributed by atoms with Gasteiger partial charge in [-0.05, 0) is 45.8 Å². The van der Waals surface area contributed by atoms with Gasteiger partial charge in [0.25, 0.3) is 0 Å². The first-order chi connectivity index (χ1) is 8.54. The number of nitrogens with one attached hydrogen (secondary N) is 1. The Morgan fingerprint density at radius 2 is 1.89 bits per heavy atom. The van der Waals surface area contributed by atoms with Gasteiger partial charge < -0.3 is 10.2 Å². The normalized spacial score (nSPS) is 24.7. The second kappa shape index (κ2) is 8.13. The molecule has 0 saturated carbocycles. The molecule has 108 valence electrons. The van der Waals surface area contributed by atoms with Gasteiger partial charge in [-0.15, -0.1) is 0 Å². The van der Waals surface area contributed by atoms with Crippen LogP contribution in [0.15, 0.2) is 0 Å². The molecule has 0 aliphatic carbocycles. The topological polar surface area (TPSA) is 18.5 Å². The number of piperazine rings is 1. The molecule has 1 heterocycles. The molecule has 1 N–H and O–H groups in total. The summed E-state index contributed by atoms with van der Waals surface area (Å²) in [6.45, 7) is 11.7. The Morgan fingerprint density at radius 3 is 2.50 bits per heavy atom. The quantitative estimate of drug-likeness (QED) is 0.751. The Bertz CT molecular complexity index is 218. The van der Waals surface area contributed by atoms with Gasteiger partial charge in [0.05, 0.1) is 0 Å². The zero-order chi connectivity index (χ0) is 13.5. The standard InChI is InChI=1S/C15H33N3/c1-6-9-16-14(8-7-13(2)3)15-12-17(4)10-11-18(15)5/h13-16H,6-12H2,1-5H3. The molecule has 1 saturated heterocycles. The second-order valence-corrected chi connectivity index (χ2v) is 6.34. The molecule has 1 aliphatic heterocycles. The largest absolute Gasteiger partial charge is 0.312 e. The Morgan fingerprint density at radius 1 is 1.17 bits per heavy atom. The van der Waals surface area contributed by atoms with Crippen LogP contribution in [0.4, 0.5) is 0 Å². The van der Waals surface area contributed by atoms with Crippen molar-refractivity contribution in [3.63, 3.8) is 0 Å². The van der Waals surface area contributed by atoms with Gasteiger partial charge in [-0.3, -0.25) is 4.90 Å². The summed E-state index contributed by atoms with van der Waals surface area (Å²) >= 11 is 0. The van der Waals surface area contributed by atoms with Crippen LogP contribution in [-0.2, 0) is 0 Å². The van der Waals surface area contributed by atoms with E-state index in [0.717, 1.165) is 12.5 Å². The van der Waals surface area contributed by atoms with E-state index in [9.17, 15) is 0 Å². The molecule has 0 aromatic heterocycles. The van der Waals surface area contributed by atoms with Crippen LogP contribution in [0.3, 0.4) is 0 Å². The van der Waals surface area contributed by atoms with E-state index in [1.165, 1.54) is 38.9 Å². The summed E-state index contributed by atoms with van der Waals surface area (Å²) in [6.07, 6.45) is 3.86. The first-order valence-electron chi connectivity index (χ1n) is 7.66. The van der Waals surface area contributed by atoms with Crippen LogP contribution in [-0.4, -0.2) is 62.2 Å². The Labute approximate surface area is 114 Å². The molecule has 1 aliphatic rings. The first-order valence-corrected chi connectivity index (χ1v) is 7.66. The average Bonchev–Trinajstić information content (AvgIpc) is 2.32. The highest BCUT2D eigenvalue weighted by molar-refractivity contribution is 4.88. The van der Waals surface area contributed by atoms with Gasteiger partial charge in [0.15, 0.2) is 0 Å². The highest BCUT2D eigenvalue weighted by Crippen LogP contribution is 2.16. The van der Waals surface area contributed by atoms with Crippen molar-refractivity contribution in [1.29, 1.82) is 0 Å². The number of likely N-dealkylation sites (N-methyl/N-ethyl adjacent to an activating group) is 2. The maximum Gasteiger partial charge on any atom is 0.0373 e. The van der Waals surface area contributed by atoms with Crippen LogP contribution in [0.25, 0.3) is 0 Å². The second-order valence-electron chi connectivity index (χ2n) is 6.34. The van der Waals surface area contributed by atoms with E-state index < -0.39 is 0 Å². The summed E-state index contributed by atoms with van der Waals surface area (Å²) < 4.78 is 0. The molecule has 18 heavy (non-hydrogen) atoms. The van der Waals surface area contributed by atoms with Crippen molar-refractivity contribution in [3.8, 4) is 0 Å². The Kier molecular flexibility index (Phi) is 7.20. The molecule has 2 atom stereocenters. The van der Waals surface area contributed by atoms with E-state index in [-0.39, 0.29) is 0 Å². The van der Waals surface area contributed by atoms with Gasteiger partial charge in [-0.25, -0.2) is 0 Å². The summed E-state index contributed by atoms with van der Waals surface area (Å²) in [5, 5.41) is 3.78. The van der Waals surface area contributed by atoms with Crippen LogP contribution in [0, 0.1) is 5.92 Å². The number of hydrogen-bond acceptors (Lipinski definition) is 3. The van der Waals surface area contributed by atoms with Crippen molar-refractivity contribution < 1.29 is 0 Å². The third kappa shape index (κ3) is 5.25. The van der Waals surface area contributed by atoms with Gasteiger partial charge in [-0.2, -0.15) is 0 Å². The predicted molar refractivity (Wildman–Crippen MR) is 80.1 cm³/mol. The van der Waals surface area contributed by atoms with Gasteiger partial charge in [-0.1, -0.05) is 20.8 Å². The minimum Gasteiger partial charge on any atom is -0.312 e. The summed E-state index contributed by atoms with van der Waals surface area (Å²) in [5.74, 6) is 0.808. The summed E-state index contributed by atoms with van der Waals surface area (Å²) in [4.78, 5) is 5.02. The lowest BCUT2D eigenvalue weighted by Gasteiger charge is -2.42. The fourth-order valence-corrected chi connectivity index (χ4v) is 2.75. The Hall–Kier alpha value is -0.120. The van der Waals surface area contributed by atoms with E-state index >= 15 is 0 Å². The van der Waals surface area contributed by atoms with Crippen LogP contribution in [0.1, 0.15) is 40.0 Å². The minimum absolute atomic E-state index is 0.653. The van der Waals surface area contributed by atoms with Crippen molar-refractivity contribution in [3.05, 3.63) is 0 Å². The number of hydrogen-bond donors (Lipinski definition) is 1. The molecule has 3 heteroatoms. The van der Waals surface area contributed by atoms with Crippen LogP contribution in [0.5, 0.6) is 0 Å². The molecule has 0 aromatic carbocycles. The molecule has 0 amide bonds. The summed E-state index contributed by atoms with van der Waals surface area (Å²) in [5.41, 5.74) is 0. The number of nitrogens with zero attached hydrogens (tertiary/aromatic N) is 2. The monoisotopic (exact) mass is 255 g/mol. The molecule has 0 aromatic rings. The van der Waals surface area contributed by atoms with Crippen molar-refractivity contribution >= 4 is 0 Å². The third-order valence-electron chi connectivity index (χ3n) is 4.08. The van der Waals surface area contributed by atoms with Crippen LogP contribution < -0.4 is 5.32 Å². The van der Waals surface area contributed by atoms with E-state index in [1.54, 1.807) is 0 Å². The lowest BCUT2D eigenvalue weighted by Crippen LogP contribution is -2.58. The molecular weight excluding hydrogens is 222 g/mol. The van der Waals surface area contributed by atoms with Crippen LogP contribution >= 0.6 is 0 Å². The summed E-state index contributed by atoms with van der Waals surface area (Å²) in [7, 11) is 4.53. The van der Waals surface area contributed by atoms with Crippen molar-refractivity contribution in [1.82, 2.24) is 15.1 Å². The fourth-order valence-electron chi connectivity index (χ4n) is 2.75. The molecule has 2 unspecified atom stereocenters. The third-order valence-corrected chi connectivity index (χ3v) is 4.08. The van der Waals surface area contributed by atoms with Gasteiger partial charge in [0, 0.05) is 31.7 Å². The van der Waals surface area contributed by atoms with Crippen molar-refractivity contribution in [2.24, 2.45) is 5.92 Å². The SMILES string of the molecule is CCCNC(CCC(C)C)C1CN(C)CCN1C. The predicted octanol–water partition coefficient (Wildman–Crippen LogP) is 2.04. The fraction of sp³-hybridized carbons (Fsp3) is 1.00. The maximum absolute atomic E-state index is 3.78. The molecule has 1 fully saturated rings. The molecule has 0 radical (unpaired) electrons. The van der Waals surface area contributed by atoms with E-state index in [4.69, 9.17) is 0 Å². The van der Waals surface area contributed by atoms with E-state index in [2.05, 4.69) is 50.0 Å². The molecular formula is C15H33N3. The highest BCUT2D eigenvalue weighted by atomic mass is 15.3. The smallest absolute Gasteiger partial charge is 0.0373 e. The zero-order valence-corrected chi connectivity index (χ0v) is 13.1. The lowest BCUT2D eigenvalue weighted by atomic mass is 9.95. The van der Waals surface area contributed by atoms with Crippen LogP contribution in [0.2, 0.25) is 0 Å². The highest BCUT2D eigenvalue weighted by Gasteiger charge is 2.29. The molecule has 3 nitrogen and oxygen atoms in total. The zero-order valence-electron chi connectivity index (χ0n) is 13.1. The van der Waals surface area contributed by atoms with Gasteiger partial charge in [0.2, 0.25) is 0 Å². The first kappa shape index (κ1) is 15.9. The molecule has 1 rings (SSSR count). The lowest BCUT2D eigenvalue weighted by molar-refractivity contribution is 0.0837. The van der Waals surface area contributed by atoms with E-state index in [1.807, 2.05) is 0 Å². The molecule has 0 bridgehead atoms. The average molecular weight is 255 g/mol. The van der Waals surface area contributed by atoms with Gasteiger partial charge in [0.1, 0.15) is 0 Å². The summed E-state index contributed by atoms with van der Waals surface area (Å²) in [6, 6.07) is 1.33. The van der Waals surface area contributed by atoms with Crippen molar-refractivity contribution in [2.75, 3.05) is 40.3 Å². The minimum atomic E-state index is 0.653. The molecule has 0 spiro atoms. The maximum atomic E-state index is 3.78. The van der Waals surface area contributed by atoms with E-state index in [0.29, 0.717) is 12.1 Å². The Balaban J connectivity index is 2.54. The number of rotatable bonds is 7.